The van der Waals surface area contributed by atoms with Crippen molar-refractivity contribution in [2.75, 3.05) is 23.0 Å². The van der Waals surface area contributed by atoms with Gasteiger partial charge in [-0.15, -0.1) is 0 Å². The summed E-state index contributed by atoms with van der Waals surface area (Å²) >= 11 is 15.8. The van der Waals surface area contributed by atoms with E-state index in [-0.39, 0.29) is 11.5 Å². The molecule has 0 amide bonds. The minimum Gasteiger partial charge on any atom is -0.335 e. The quantitative estimate of drug-likeness (QED) is 0.125. The number of halogens is 2. The smallest absolute Gasteiger partial charge is 0.264 e. The Balaban J connectivity index is 1.61. The Kier molecular flexibility index (Phi) is 10.3. The molecular formula is C26H29Cl2N2O6S4+. The minimum atomic E-state index is -4.01. The van der Waals surface area contributed by atoms with Crippen molar-refractivity contribution in [1.29, 1.82) is 0 Å². The first-order valence-electron chi connectivity index (χ1n) is 12.5. The highest BCUT2D eigenvalue weighted by Crippen LogP contribution is 2.47. The maximum atomic E-state index is 11.1. The number of thioether (sulfide) groups is 1. The van der Waals surface area contributed by atoms with Gasteiger partial charge in [-0.2, -0.15) is 21.4 Å². The van der Waals surface area contributed by atoms with Crippen molar-refractivity contribution >= 4 is 88.5 Å². The zero-order valence-electron chi connectivity index (χ0n) is 21.6. The Labute approximate surface area is 252 Å². The van der Waals surface area contributed by atoms with E-state index in [9.17, 15) is 16.8 Å². The summed E-state index contributed by atoms with van der Waals surface area (Å²) in [5, 5.41) is 3.16. The van der Waals surface area contributed by atoms with Crippen molar-refractivity contribution in [3.05, 3.63) is 68.1 Å². The first-order valence-corrected chi connectivity index (χ1v) is 18.1. The number of aryl methyl sites for hydroxylation is 1. The molecule has 2 aromatic carbocycles. The van der Waals surface area contributed by atoms with E-state index in [1.54, 1.807) is 23.1 Å². The van der Waals surface area contributed by atoms with Crippen molar-refractivity contribution in [3.8, 4) is 0 Å². The van der Waals surface area contributed by atoms with Crippen molar-refractivity contribution in [2.45, 2.75) is 44.0 Å². The summed E-state index contributed by atoms with van der Waals surface area (Å²) in [6.07, 6.45) is 5.93. The van der Waals surface area contributed by atoms with E-state index in [1.807, 2.05) is 43.3 Å². The summed E-state index contributed by atoms with van der Waals surface area (Å²) in [5.74, 6) is -0.566. The normalized spacial score (nSPS) is 15.4. The van der Waals surface area contributed by atoms with Crippen LogP contribution in [0.15, 0.2) is 58.0 Å². The molecule has 40 heavy (non-hydrogen) atoms. The van der Waals surface area contributed by atoms with Crippen LogP contribution in [0.4, 0.5) is 5.69 Å². The molecule has 216 valence electrons. The van der Waals surface area contributed by atoms with Crippen LogP contribution in [0.2, 0.25) is 10.0 Å². The number of hydrogen-bond acceptors (Lipinski definition) is 7. The summed E-state index contributed by atoms with van der Waals surface area (Å²) in [6.45, 7) is 3.12. The average Bonchev–Trinajstić information content (AvgIpc) is 3.34. The zero-order chi connectivity index (χ0) is 29.1. The third kappa shape index (κ3) is 8.68. The van der Waals surface area contributed by atoms with Crippen LogP contribution in [0.5, 0.6) is 0 Å². The van der Waals surface area contributed by atoms with Crippen LogP contribution in [0.25, 0.3) is 16.3 Å². The first-order chi connectivity index (χ1) is 18.8. The number of hydrogen-bond donors (Lipinski definition) is 2. The Morgan fingerprint density at radius 3 is 2.30 bits per heavy atom. The lowest BCUT2D eigenvalue weighted by Gasteiger charge is -2.20. The molecule has 1 aliphatic heterocycles. The van der Waals surface area contributed by atoms with Crippen molar-refractivity contribution < 1.29 is 30.5 Å². The number of thiazole rings is 1. The summed E-state index contributed by atoms with van der Waals surface area (Å²) in [6, 6.07) is 11.4. The van der Waals surface area contributed by atoms with Crippen LogP contribution in [-0.4, -0.2) is 44.0 Å². The number of benzene rings is 2. The third-order valence-electron chi connectivity index (χ3n) is 6.15. The Morgan fingerprint density at radius 1 is 0.950 bits per heavy atom. The molecule has 14 heteroatoms. The van der Waals surface area contributed by atoms with Crippen LogP contribution in [0.1, 0.15) is 37.6 Å². The molecule has 2 heterocycles. The number of nitrogens with zero attached hydrogens (tertiary/aromatic N) is 2. The number of unbranched alkanes of at least 4 members (excludes halogenated alkanes) is 2. The van der Waals surface area contributed by atoms with Crippen LogP contribution in [0, 0.1) is 0 Å². The van der Waals surface area contributed by atoms with Gasteiger partial charge in [-0.3, -0.25) is 9.11 Å². The first kappa shape index (κ1) is 31.3. The van der Waals surface area contributed by atoms with Crippen LogP contribution in [0.3, 0.4) is 0 Å². The third-order valence-corrected chi connectivity index (χ3v) is 10.5. The lowest BCUT2D eigenvalue weighted by atomic mass is 10.2. The Hall–Kier alpha value is -1.64. The largest absolute Gasteiger partial charge is 0.335 e. The average molecular weight is 665 g/mol. The number of aromatic nitrogens is 1. The molecule has 3 aromatic rings. The molecule has 0 fully saturated rings. The second kappa shape index (κ2) is 13.1. The molecule has 1 aliphatic rings. The summed E-state index contributed by atoms with van der Waals surface area (Å²) in [5.41, 5.74) is 2.89. The summed E-state index contributed by atoms with van der Waals surface area (Å²) in [4.78, 5) is 3.16. The van der Waals surface area contributed by atoms with Crippen LogP contribution in [-0.2, 0) is 26.8 Å². The second-order valence-electron chi connectivity index (χ2n) is 9.43. The molecule has 2 N–H and O–H groups in total. The minimum absolute atomic E-state index is 0.283. The maximum absolute atomic E-state index is 11.1. The van der Waals surface area contributed by atoms with Gasteiger partial charge in [0, 0.05) is 40.0 Å². The lowest BCUT2D eigenvalue weighted by molar-refractivity contribution is -0.669. The molecule has 0 saturated heterocycles. The molecular weight excluding hydrogens is 635 g/mol. The predicted octanol–water partition coefficient (Wildman–Crippen LogP) is 6.69. The molecule has 0 unspecified atom stereocenters. The molecule has 0 saturated carbocycles. The van der Waals surface area contributed by atoms with Crippen LogP contribution < -0.4 is 9.47 Å². The fourth-order valence-electron chi connectivity index (χ4n) is 4.36. The monoisotopic (exact) mass is 663 g/mol. The fraction of sp³-hybridized carbons (Fsp3) is 0.346. The zero-order valence-corrected chi connectivity index (χ0v) is 26.4. The highest BCUT2D eigenvalue weighted by molar-refractivity contribution is 8.03. The summed E-state index contributed by atoms with van der Waals surface area (Å²) < 4.78 is 65.9. The van der Waals surface area contributed by atoms with E-state index < -0.39 is 20.2 Å². The molecule has 4 rings (SSSR count). The van der Waals surface area contributed by atoms with E-state index in [0.29, 0.717) is 48.8 Å². The highest BCUT2D eigenvalue weighted by Gasteiger charge is 2.26. The fourth-order valence-corrected chi connectivity index (χ4v) is 8.19. The van der Waals surface area contributed by atoms with Gasteiger partial charge in [0.2, 0.25) is 5.52 Å². The SMILES string of the molecule is CC(/C=C1\Sc2ccc(Cl)cc2N1CCCCS(=O)(=O)O)=C\c1sc2ccc(Cl)cc2[n+]1CCCCS(=O)(=O)O. The number of fused-ring (bicyclic) bond motifs is 2. The van der Waals surface area contributed by atoms with E-state index >= 15 is 0 Å². The summed E-state index contributed by atoms with van der Waals surface area (Å²) in [7, 11) is -8.02. The molecule has 0 radical (unpaired) electrons. The lowest BCUT2D eigenvalue weighted by Crippen LogP contribution is -2.35. The van der Waals surface area contributed by atoms with Gasteiger partial charge in [0.1, 0.15) is 4.70 Å². The molecule has 1 aromatic heterocycles. The molecule has 0 aliphatic carbocycles. The Morgan fingerprint density at radius 2 is 1.60 bits per heavy atom. The van der Waals surface area contributed by atoms with Crippen molar-refractivity contribution in [2.24, 2.45) is 0 Å². The topological polar surface area (TPSA) is 116 Å². The van der Waals surface area contributed by atoms with Gasteiger partial charge in [-0.05, 0) is 68.2 Å². The van der Waals surface area contributed by atoms with Gasteiger partial charge < -0.3 is 4.90 Å². The number of anilines is 1. The predicted molar refractivity (Wildman–Crippen MR) is 165 cm³/mol. The van der Waals surface area contributed by atoms with E-state index in [2.05, 4.69) is 21.6 Å². The molecule has 0 bridgehead atoms. The van der Waals surface area contributed by atoms with Crippen molar-refractivity contribution in [3.63, 3.8) is 0 Å². The van der Waals surface area contributed by atoms with E-state index in [1.165, 1.54) is 0 Å². The van der Waals surface area contributed by atoms with Gasteiger partial charge in [0.25, 0.3) is 25.2 Å². The van der Waals surface area contributed by atoms with Gasteiger partial charge >= 0.3 is 0 Å². The highest BCUT2D eigenvalue weighted by atomic mass is 35.5. The molecule has 8 nitrogen and oxygen atoms in total. The van der Waals surface area contributed by atoms with Crippen molar-refractivity contribution in [1.82, 2.24) is 0 Å². The van der Waals surface area contributed by atoms with Crippen LogP contribution >= 0.6 is 46.3 Å². The van der Waals surface area contributed by atoms with Gasteiger partial charge in [0.05, 0.1) is 22.2 Å². The van der Waals surface area contributed by atoms with Gasteiger partial charge in [0.15, 0.2) is 6.54 Å². The number of rotatable bonds is 12. The Bertz CT molecular complexity index is 1680. The van der Waals surface area contributed by atoms with Gasteiger partial charge in [-0.25, -0.2) is 0 Å². The standard InChI is InChI=1S/C26H28Cl2N2O6S4/c1-18(14-25-29(10-2-4-12-39(31,32)33)21-16-19(27)6-8-23(21)37-25)15-26-30(11-3-5-13-40(34,35)36)22-17-20(28)7-9-24(22)38-26/h6-9,14-17H,2-5,10-13H2,1H3,(H-,31,32,33,34,35,36)/p+1. The van der Waals surface area contributed by atoms with E-state index in [0.717, 1.165) is 36.4 Å². The molecule has 0 spiro atoms. The number of allylic oxidation sites excluding steroid dienone is 2. The second-order valence-corrected chi connectivity index (χ2v) is 15.6. The van der Waals surface area contributed by atoms with Gasteiger partial charge in [-0.1, -0.05) is 46.3 Å². The van der Waals surface area contributed by atoms with E-state index in [4.69, 9.17) is 32.3 Å². The maximum Gasteiger partial charge on any atom is 0.264 e. The molecule has 0 atom stereocenters.